The minimum Gasteiger partial charge on any atom is -0.309 e. The van der Waals surface area contributed by atoms with Crippen molar-refractivity contribution in [2.24, 2.45) is 0 Å². The van der Waals surface area contributed by atoms with Crippen molar-refractivity contribution < 1.29 is 8.42 Å². The number of hydrogen-bond donors (Lipinski definition) is 1. The van der Waals surface area contributed by atoms with Crippen LogP contribution in [0, 0.1) is 0 Å². The average Bonchev–Trinajstić information content (AvgIpc) is 2.01. The smallest absolute Gasteiger partial charge is 0.216 e. The largest absolute Gasteiger partial charge is 0.309 e. The molecule has 1 aliphatic heterocycles. The topological polar surface area (TPSA) is 49.4 Å². The van der Waals surface area contributed by atoms with E-state index in [1.807, 2.05) is 13.8 Å². The van der Waals surface area contributed by atoms with Gasteiger partial charge < -0.3 is 5.32 Å². The summed E-state index contributed by atoms with van der Waals surface area (Å²) in [6.45, 7) is 8.66. The van der Waals surface area contributed by atoms with Gasteiger partial charge in [0.25, 0.3) is 0 Å². The second-order valence-electron chi connectivity index (χ2n) is 4.38. The molecule has 0 saturated carbocycles. The van der Waals surface area contributed by atoms with Crippen LogP contribution in [0.15, 0.2) is 0 Å². The van der Waals surface area contributed by atoms with Gasteiger partial charge in [-0.25, -0.2) is 8.42 Å². The molecule has 4 nitrogen and oxygen atoms in total. The van der Waals surface area contributed by atoms with Gasteiger partial charge in [0.15, 0.2) is 0 Å². The molecule has 2 unspecified atom stereocenters. The van der Waals surface area contributed by atoms with E-state index >= 15 is 0 Å². The van der Waals surface area contributed by atoms with Crippen LogP contribution < -0.4 is 5.32 Å². The molecule has 14 heavy (non-hydrogen) atoms. The molecule has 1 fully saturated rings. The second kappa shape index (κ2) is 4.16. The molecule has 0 amide bonds. The van der Waals surface area contributed by atoms with Gasteiger partial charge in [-0.2, -0.15) is 4.31 Å². The van der Waals surface area contributed by atoms with E-state index in [0.29, 0.717) is 13.1 Å². The second-order valence-corrected chi connectivity index (χ2v) is 6.87. The first kappa shape index (κ1) is 11.9. The maximum absolute atomic E-state index is 11.9. The summed E-state index contributed by atoms with van der Waals surface area (Å²) in [6, 6.07) is 0.486. The SMILES string of the molecule is CC1CN(S(=O)(=O)C(C)C)CC(C)N1. The fourth-order valence-corrected chi connectivity index (χ4v) is 3.24. The van der Waals surface area contributed by atoms with Gasteiger partial charge in [-0.15, -0.1) is 0 Å². The van der Waals surface area contributed by atoms with Crippen LogP contribution in [0.5, 0.6) is 0 Å². The highest BCUT2D eigenvalue weighted by atomic mass is 32.2. The van der Waals surface area contributed by atoms with Crippen molar-refractivity contribution in [2.75, 3.05) is 13.1 Å². The third-order valence-corrected chi connectivity index (χ3v) is 4.69. The Morgan fingerprint density at radius 3 is 2.00 bits per heavy atom. The zero-order valence-corrected chi connectivity index (χ0v) is 10.1. The molecule has 0 aromatic rings. The zero-order valence-electron chi connectivity index (χ0n) is 9.32. The lowest BCUT2D eigenvalue weighted by Gasteiger charge is -2.36. The molecule has 0 aromatic carbocycles. The van der Waals surface area contributed by atoms with Crippen LogP contribution in [0.25, 0.3) is 0 Å². The fraction of sp³-hybridized carbons (Fsp3) is 1.00. The van der Waals surface area contributed by atoms with Crippen LogP contribution >= 0.6 is 0 Å². The maximum Gasteiger partial charge on any atom is 0.216 e. The predicted octanol–water partition coefficient (Wildman–Crippen LogP) is 0.407. The van der Waals surface area contributed by atoms with E-state index in [2.05, 4.69) is 5.32 Å². The zero-order chi connectivity index (χ0) is 10.9. The number of nitrogens with one attached hydrogen (secondary N) is 1. The average molecular weight is 220 g/mol. The van der Waals surface area contributed by atoms with Gasteiger partial charge in [-0.1, -0.05) is 0 Å². The summed E-state index contributed by atoms with van der Waals surface area (Å²) in [5.74, 6) is 0. The van der Waals surface area contributed by atoms with Crippen LogP contribution in [-0.4, -0.2) is 43.1 Å². The highest BCUT2D eigenvalue weighted by Gasteiger charge is 2.31. The minimum atomic E-state index is -3.07. The van der Waals surface area contributed by atoms with E-state index in [1.54, 1.807) is 18.2 Å². The van der Waals surface area contributed by atoms with Crippen molar-refractivity contribution in [3.8, 4) is 0 Å². The first-order valence-electron chi connectivity index (χ1n) is 5.09. The highest BCUT2D eigenvalue weighted by molar-refractivity contribution is 7.89. The first-order chi connectivity index (χ1) is 6.34. The van der Waals surface area contributed by atoms with Gasteiger partial charge in [0, 0.05) is 25.2 Å². The summed E-state index contributed by atoms with van der Waals surface area (Å²) in [7, 11) is -3.07. The molecule has 1 saturated heterocycles. The van der Waals surface area contributed by atoms with E-state index in [9.17, 15) is 8.42 Å². The number of sulfonamides is 1. The Kier molecular flexibility index (Phi) is 3.55. The molecule has 5 heteroatoms. The Labute approximate surface area is 86.7 Å². The summed E-state index contributed by atoms with van der Waals surface area (Å²) in [5.41, 5.74) is 0. The standard InChI is InChI=1S/C9H20N2O2S/c1-7(2)14(12,13)11-5-8(3)10-9(4)6-11/h7-10H,5-6H2,1-4H3. The Balaban J connectivity index is 2.78. The molecule has 0 bridgehead atoms. The van der Waals surface area contributed by atoms with Gasteiger partial charge in [-0.05, 0) is 27.7 Å². The third kappa shape index (κ3) is 2.46. The van der Waals surface area contributed by atoms with E-state index in [4.69, 9.17) is 0 Å². The molecule has 1 rings (SSSR count). The molecule has 2 atom stereocenters. The van der Waals surface area contributed by atoms with Gasteiger partial charge in [-0.3, -0.25) is 0 Å². The molecule has 0 aromatic heterocycles. The summed E-state index contributed by atoms with van der Waals surface area (Å²) >= 11 is 0. The first-order valence-corrected chi connectivity index (χ1v) is 6.59. The van der Waals surface area contributed by atoms with Crippen LogP contribution in [0.4, 0.5) is 0 Å². The third-order valence-electron chi connectivity index (χ3n) is 2.48. The minimum absolute atomic E-state index is 0.243. The number of nitrogens with zero attached hydrogens (tertiary/aromatic N) is 1. The molecule has 1 aliphatic rings. The monoisotopic (exact) mass is 220 g/mol. The molecule has 1 N–H and O–H groups in total. The Hall–Kier alpha value is -0.130. The summed E-state index contributed by atoms with van der Waals surface area (Å²) in [6.07, 6.45) is 0. The van der Waals surface area contributed by atoms with Crippen molar-refractivity contribution in [1.29, 1.82) is 0 Å². The van der Waals surface area contributed by atoms with Crippen LogP contribution in [0.3, 0.4) is 0 Å². The lowest BCUT2D eigenvalue weighted by molar-refractivity contribution is 0.261. The molecule has 1 heterocycles. The summed E-state index contributed by atoms with van der Waals surface area (Å²) in [4.78, 5) is 0. The van der Waals surface area contributed by atoms with Gasteiger partial charge in [0.05, 0.1) is 5.25 Å². The van der Waals surface area contributed by atoms with Gasteiger partial charge in [0.2, 0.25) is 10.0 Å². The van der Waals surface area contributed by atoms with Gasteiger partial charge in [0.1, 0.15) is 0 Å². The molecule has 0 spiro atoms. The van der Waals surface area contributed by atoms with Crippen LogP contribution in [0.1, 0.15) is 27.7 Å². The summed E-state index contributed by atoms with van der Waals surface area (Å²) < 4.78 is 25.3. The van der Waals surface area contributed by atoms with Crippen molar-refractivity contribution in [1.82, 2.24) is 9.62 Å². The van der Waals surface area contributed by atoms with Crippen molar-refractivity contribution in [3.05, 3.63) is 0 Å². The fourth-order valence-electron chi connectivity index (χ4n) is 1.78. The molecule has 0 aliphatic carbocycles. The molecular formula is C9H20N2O2S. The Morgan fingerprint density at radius 1 is 1.21 bits per heavy atom. The lowest BCUT2D eigenvalue weighted by Crippen LogP contribution is -2.56. The number of hydrogen-bond acceptors (Lipinski definition) is 3. The van der Waals surface area contributed by atoms with Crippen LogP contribution in [-0.2, 0) is 10.0 Å². The normalized spacial score (nSPS) is 30.9. The molecule has 84 valence electrons. The quantitative estimate of drug-likeness (QED) is 0.733. The summed E-state index contributed by atoms with van der Waals surface area (Å²) in [5, 5.41) is 2.99. The molecule has 0 radical (unpaired) electrons. The highest BCUT2D eigenvalue weighted by Crippen LogP contribution is 2.13. The van der Waals surface area contributed by atoms with Gasteiger partial charge >= 0.3 is 0 Å². The van der Waals surface area contributed by atoms with E-state index in [1.165, 1.54) is 0 Å². The van der Waals surface area contributed by atoms with Crippen molar-refractivity contribution >= 4 is 10.0 Å². The number of piperazine rings is 1. The Morgan fingerprint density at radius 2 is 1.64 bits per heavy atom. The molecular weight excluding hydrogens is 200 g/mol. The van der Waals surface area contributed by atoms with E-state index in [0.717, 1.165) is 0 Å². The Bertz CT molecular complexity index is 277. The van der Waals surface area contributed by atoms with Crippen LogP contribution in [0.2, 0.25) is 0 Å². The maximum atomic E-state index is 11.9. The van der Waals surface area contributed by atoms with Crippen molar-refractivity contribution in [2.45, 2.75) is 45.0 Å². The van der Waals surface area contributed by atoms with E-state index in [-0.39, 0.29) is 17.3 Å². The predicted molar refractivity (Wildman–Crippen MR) is 57.7 cm³/mol. The van der Waals surface area contributed by atoms with Crippen molar-refractivity contribution in [3.63, 3.8) is 0 Å². The lowest BCUT2D eigenvalue weighted by atomic mass is 10.2. The number of rotatable bonds is 2. The van der Waals surface area contributed by atoms with E-state index < -0.39 is 10.0 Å².